The van der Waals surface area contributed by atoms with Crippen LogP contribution in [0.1, 0.15) is 24.8 Å². The van der Waals surface area contributed by atoms with Gasteiger partial charge in [0, 0.05) is 31.3 Å². The summed E-state index contributed by atoms with van der Waals surface area (Å²) in [6.07, 6.45) is 2.53. The number of piperidine rings is 1. The van der Waals surface area contributed by atoms with Gasteiger partial charge in [-0.05, 0) is 43.2 Å². The molecule has 0 spiro atoms. The number of benzene rings is 2. The van der Waals surface area contributed by atoms with Crippen LogP contribution in [0, 0.1) is 11.3 Å². The number of fused-ring (bicyclic) bond motifs is 1. The standard InChI is InChI=1S/C23H20N6O2/c1-28-21(23-25-17-10-5-14(13-24)12-18(17)26-23)22(31)20(27-28)15-6-8-16(9-7-15)29-11-3-2-4-19(29)30/h5-10,12,31H,2-4,11H2,1H3,(H,25,26). The smallest absolute Gasteiger partial charge is 0.226 e. The number of hydrogen-bond donors (Lipinski definition) is 2. The Morgan fingerprint density at radius 3 is 2.71 bits per heavy atom. The maximum absolute atomic E-state index is 12.2. The van der Waals surface area contributed by atoms with Crippen molar-refractivity contribution in [1.29, 1.82) is 5.26 Å². The lowest BCUT2D eigenvalue weighted by atomic mass is 10.1. The zero-order valence-corrected chi connectivity index (χ0v) is 17.0. The average Bonchev–Trinajstić information content (AvgIpc) is 3.33. The molecule has 1 amide bonds. The van der Waals surface area contributed by atoms with E-state index in [0.29, 0.717) is 34.7 Å². The van der Waals surface area contributed by atoms with Crippen molar-refractivity contribution in [1.82, 2.24) is 19.7 Å². The number of anilines is 1. The molecule has 154 valence electrons. The maximum atomic E-state index is 12.2. The fourth-order valence-corrected chi connectivity index (χ4v) is 4.04. The van der Waals surface area contributed by atoms with E-state index in [1.807, 2.05) is 24.3 Å². The normalized spacial score (nSPS) is 14.2. The molecule has 8 nitrogen and oxygen atoms in total. The third kappa shape index (κ3) is 3.20. The highest BCUT2D eigenvalue weighted by Crippen LogP contribution is 2.37. The summed E-state index contributed by atoms with van der Waals surface area (Å²) in [7, 11) is 1.74. The molecule has 2 N–H and O–H groups in total. The number of aromatic hydroxyl groups is 1. The van der Waals surface area contributed by atoms with Crippen LogP contribution in [-0.2, 0) is 11.8 Å². The minimum atomic E-state index is 0.0175. The number of aryl methyl sites for hydroxylation is 1. The number of carbonyl (C=O) groups is 1. The molecule has 2 aromatic heterocycles. The van der Waals surface area contributed by atoms with Crippen molar-refractivity contribution in [2.24, 2.45) is 7.05 Å². The Morgan fingerprint density at radius 1 is 1.16 bits per heavy atom. The van der Waals surface area contributed by atoms with E-state index in [9.17, 15) is 9.90 Å². The number of amides is 1. The first-order valence-corrected chi connectivity index (χ1v) is 10.1. The second-order valence-corrected chi connectivity index (χ2v) is 7.65. The van der Waals surface area contributed by atoms with Gasteiger partial charge in [0.25, 0.3) is 0 Å². The monoisotopic (exact) mass is 412 g/mol. The molecule has 0 radical (unpaired) electrons. The molecule has 8 heteroatoms. The van der Waals surface area contributed by atoms with Gasteiger partial charge in [0.05, 0.1) is 22.7 Å². The lowest BCUT2D eigenvalue weighted by molar-refractivity contribution is -0.119. The van der Waals surface area contributed by atoms with Crippen LogP contribution in [-0.4, -0.2) is 37.3 Å². The summed E-state index contributed by atoms with van der Waals surface area (Å²) in [5.74, 6) is 0.634. The summed E-state index contributed by atoms with van der Waals surface area (Å²) in [6.45, 7) is 0.733. The predicted octanol–water partition coefficient (Wildman–Crippen LogP) is 3.72. The third-order valence-electron chi connectivity index (χ3n) is 5.63. The predicted molar refractivity (Wildman–Crippen MR) is 116 cm³/mol. The molecule has 0 bridgehead atoms. The molecular weight excluding hydrogens is 392 g/mol. The number of aromatic amines is 1. The van der Waals surface area contributed by atoms with Gasteiger partial charge in [-0.2, -0.15) is 10.4 Å². The van der Waals surface area contributed by atoms with Gasteiger partial charge in [0.15, 0.2) is 11.6 Å². The van der Waals surface area contributed by atoms with Crippen LogP contribution in [0.25, 0.3) is 33.8 Å². The molecule has 5 rings (SSSR count). The molecular formula is C23H20N6O2. The van der Waals surface area contributed by atoms with Gasteiger partial charge in [-0.15, -0.1) is 0 Å². The molecule has 31 heavy (non-hydrogen) atoms. The first-order valence-electron chi connectivity index (χ1n) is 10.1. The van der Waals surface area contributed by atoms with E-state index in [2.05, 4.69) is 21.1 Å². The van der Waals surface area contributed by atoms with Crippen molar-refractivity contribution in [3.8, 4) is 34.6 Å². The van der Waals surface area contributed by atoms with Crippen LogP contribution in [0.15, 0.2) is 42.5 Å². The topological polar surface area (TPSA) is 111 Å². The van der Waals surface area contributed by atoms with Gasteiger partial charge in [0.2, 0.25) is 5.91 Å². The first kappa shape index (κ1) is 18.9. The highest BCUT2D eigenvalue weighted by molar-refractivity contribution is 5.94. The number of H-pyrrole nitrogens is 1. The van der Waals surface area contributed by atoms with Gasteiger partial charge in [-0.25, -0.2) is 4.98 Å². The Bertz CT molecular complexity index is 1340. The average molecular weight is 412 g/mol. The molecule has 2 aromatic carbocycles. The van der Waals surface area contributed by atoms with Gasteiger partial charge < -0.3 is 15.0 Å². The first-order chi connectivity index (χ1) is 15.0. The highest BCUT2D eigenvalue weighted by atomic mass is 16.3. The molecule has 1 saturated heterocycles. The molecule has 0 aliphatic carbocycles. The second-order valence-electron chi connectivity index (χ2n) is 7.65. The number of hydrogen-bond acceptors (Lipinski definition) is 5. The van der Waals surface area contributed by atoms with Crippen LogP contribution in [0.3, 0.4) is 0 Å². The lowest BCUT2D eigenvalue weighted by Crippen LogP contribution is -2.35. The van der Waals surface area contributed by atoms with Crippen molar-refractivity contribution >= 4 is 22.6 Å². The van der Waals surface area contributed by atoms with Crippen LogP contribution < -0.4 is 4.90 Å². The molecule has 1 aliphatic heterocycles. The number of aromatic nitrogens is 4. The van der Waals surface area contributed by atoms with Crippen LogP contribution >= 0.6 is 0 Å². The Morgan fingerprint density at radius 2 is 1.97 bits per heavy atom. The summed E-state index contributed by atoms with van der Waals surface area (Å²) in [5, 5.41) is 24.5. The largest absolute Gasteiger partial charge is 0.504 e. The minimum Gasteiger partial charge on any atom is -0.504 e. The molecule has 0 unspecified atom stereocenters. The second kappa shape index (κ2) is 7.29. The number of nitrogens with one attached hydrogen (secondary N) is 1. The maximum Gasteiger partial charge on any atom is 0.226 e. The molecule has 1 fully saturated rings. The summed E-state index contributed by atoms with van der Waals surface area (Å²) >= 11 is 0. The fourth-order valence-electron chi connectivity index (χ4n) is 4.04. The Labute approximate surface area is 178 Å². The van der Waals surface area contributed by atoms with E-state index in [4.69, 9.17) is 5.26 Å². The van der Waals surface area contributed by atoms with Crippen molar-refractivity contribution in [3.63, 3.8) is 0 Å². The minimum absolute atomic E-state index is 0.0175. The van der Waals surface area contributed by atoms with Crippen LogP contribution in [0.4, 0.5) is 5.69 Å². The van der Waals surface area contributed by atoms with E-state index in [1.54, 1.807) is 34.8 Å². The van der Waals surface area contributed by atoms with Gasteiger partial charge in [-0.1, -0.05) is 12.1 Å². The number of nitriles is 1. The van der Waals surface area contributed by atoms with E-state index in [-0.39, 0.29) is 11.7 Å². The lowest BCUT2D eigenvalue weighted by Gasteiger charge is -2.26. The van der Waals surface area contributed by atoms with Gasteiger partial charge in [0.1, 0.15) is 11.4 Å². The Kier molecular flexibility index (Phi) is 4.44. The van der Waals surface area contributed by atoms with Gasteiger partial charge >= 0.3 is 0 Å². The Balaban J connectivity index is 1.50. The molecule has 0 saturated carbocycles. The van der Waals surface area contributed by atoms with E-state index in [0.717, 1.165) is 36.2 Å². The van der Waals surface area contributed by atoms with Crippen molar-refractivity contribution in [3.05, 3.63) is 48.0 Å². The third-order valence-corrected chi connectivity index (χ3v) is 5.63. The summed E-state index contributed by atoms with van der Waals surface area (Å²) in [4.78, 5) is 21.7. The van der Waals surface area contributed by atoms with Crippen LogP contribution in [0.5, 0.6) is 5.75 Å². The summed E-state index contributed by atoms with van der Waals surface area (Å²) < 4.78 is 1.58. The zero-order valence-electron chi connectivity index (χ0n) is 17.0. The van der Waals surface area contributed by atoms with E-state index < -0.39 is 0 Å². The van der Waals surface area contributed by atoms with Crippen molar-refractivity contribution in [2.75, 3.05) is 11.4 Å². The van der Waals surface area contributed by atoms with Crippen molar-refractivity contribution < 1.29 is 9.90 Å². The van der Waals surface area contributed by atoms with Gasteiger partial charge in [-0.3, -0.25) is 9.48 Å². The summed E-state index contributed by atoms with van der Waals surface area (Å²) in [6, 6.07) is 14.8. The summed E-state index contributed by atoms with van der Waals surface area (Å²) in [5.41, 5.74) is 4.43. The van der Waals surface area contributed by atoms with Crippen LogP contribution in [0.2, 0.25) is 0 Å². The van der Waals surface area contributed by atoms with E-state index in [1.165, 1.54) is 0 Å². The fraction of sp³-hybridized carbons (Fsp3) is 0.217. The van der Waals surface area contributed by atoms with Crippen molar-refractivity contribution in [2.45, 2.75) is 19.3 Å². The molecule has 4 aromatic rings. The van der Waals surface area contributed by atoms with E-state index >= 15 is 0 Å². The molecule has 3 heterocycles. The number of carbonyl (C=O) groups excluding carboxylic acids is 1. The number of imidazole rings is 1. The number of nitrogens with zero attached hydrogens (tertiary/aromatic N) is 5. The SMILES string of the molecule is Cn1nc(-c2ccc(N3CCCCC3=O)cc2)c(O)c1-c1nc2cc(C#N)ccc2[nH]1. The highest BCUT2D eigenvalue weighted by Gasteiger charge is 2.23. The number of rotatable bonds is 3. The molecule has 0 atom stereocenters. The zero-order chi connectivity index (χ0) is 21.5. The Hall–Kier alpha value is -4.12. The quantitative estimate of drug-likeness (QED) is 0.533. The molecule has 1 aliphatic rings.